The van der Waals surface area contributed by atoms with Gasteiger partial charge in [-0.3, -0.25) is 18.2 Å². The third-order valence-corrected chi connectivity index (χ3v) is 11.6. The number of rotatable bonds is 14. The Kier molecular flexibility index (Phi) is 13.2. The van der Waals surface area contributed by atoms with Gasteiger partial charge in [0, 0.05) is 0 Å². The molecule has 0 radical (unpaired) electrons. The van der Waals surface area contributed by atoms with E-state index in [2.05, 4.69) is 40.9 Å². The van der Waals surface area contributed by atoms with Crippen LogP contribution in [0.15, 0.2) is 194 Å². The quantitative estimate of drug-likeness (QED) is 0.0450. The fraction of sp³-hybridized carbons (Fsp3) is 0. The maximum atomic E-state index is 12.4. The van der Waals surface area contributed by atoms with Crippen molar-refractivity contribution in [2.24, 2.45) is 40.9 Å². The van der Waals surface area contributed by atoms with E-state index >= 15 is 0 Å². The average Bonchev–Trinajstić information content (AvgIpc) is 3.22. The zero-order valence-electron chi connectivity index (χ0n) is 31.1. The highest BCUT2D eigenvalue weighted by Crippen LogP contribution is 2.31. The highest BCUT2D eigenvalue weighted by atomic mass is 32.2. The summed E-state index contributed by atoms with van der Waals surface area (Å²) in [6.07, 6.45) is 2.41. The molecular weight excluding hydrogens is 889 g/mol. The Morgan fingerprint density at radius 3 is 0.726 bits per heavy atom. The van der Waals surface area contributed by atoms with Crippen molar-refractivity contribution in [2.45, 2.75) is 19.6 Å². The Morgan fingerprint density at radius 2 is 0.500 bits per heavy atom. The van der Waals surface area contributed by atoms with Crippen molar-refractivity contribution < 1.29 is 51.9 Å². The van der Waals surface area contributed by atoms with Gasteiger partial charge in [0.05, 0.1) is 55.3 Å². The van der Waals surface area contributed by atoms with E-state index in [0.29, 0.717) is 34.1 Å². The summed E-state index contributed by atoms with van der Waals surface area (Å²) in [6, 6.07) is 29.9. The largest absolute Gasteiger partial charge is 0.295 e. The molecule has 6 rings (SSSR count). The second-order valence-electron chi connectivity index (χ2n) is 12.5. The van der Waals surface area contributed by atoms with Crippen molar-refractivity contribution >= 4 is 98.1 Å². The van der Waals surface area contributed by atoms with Crippen LogP contribution in [0.1, 0.15) is 11.1 Å². The van der Waals surface area contributed by atoms with E-state index in [-0.39, 0.29) is 32.3 Å². The first-order valence-corrected chi connectivity index (χ1v) is 22.9. The van der Waals surface area contributed by atoms with Gasteiger partial charge in [0.25, 0.3) is 40.5 Å². The minimum atomic E-state index is -4.84. The highest BCUT2D eigenvalue weighted by Gasteiger charge is 2.18. The number of hydrogen-bond acceptors (Lipinski definition) is 16. The van der Waals surface area contributed by atoms with Gasteiger partial charge in [-0.15, -0.1) is 0 Å². The summed E-state index contributed by atoms with van der Waals surface area (Å²) < 4.78 is 132. The zero-order valence-corrected chi connectivity index (χ0v) is 34.4. The Hall–Kier alpha value is -6.90. The predicted octanol–water partition coefficient (Wildman–Crippen LogP) is 10.5. The fourth-order valence-electron chi connectivity index (χ4n) is 5.08. The smallest absolute Gasteiger partial charge is 0.282 e. The first-order chi connectivity index (χ1) is 29.2. The van der Waals surface area contributed by atoms with Crippen LogP contribution in [0.2, 0.25) is 0 Å². The van der Waals surface area contributed by atoms with Gasteiger partial charge in [-0.1, -0.05) is 24.3 Å². The van der Waals surface area contributed by atoms with E-state index in [1.54, 1.807) is 24.3 Å². The fourth-order valence-corrected chi connectivity index (χ4v) is 7.44. The second kappa shape index (κ2) is 18.4. The Labute approximate surface area is 353 Å². The molecule has 316 valence electrons. The summed E-state index contributed by atoms with van der Waals surface area (Å²) in [4.78, 5) is -1.74. The van der Waals surface area contributed by atoms with E-state index in [0.717, 1.165) is 12.1 Å². The molecule has 4 N–H and O–H groups in total. The van der Waals surface area contributed by atoms with Crippen LogP contribution in [0.4, 0.5) is 45.5 Å². The first-order valence-electron chi connectivity index (χ1n) is 17.1. The maximum absolute atomic E-state index is 12.4. The van der Waals surface area contributed by atoms with Gasteiger partial charge < -0.3 is 0 Å². The lowest BCUT2D eigenvalue weighted by Crippen LogP contribution is -2.01. The third-order valence-electron chi connectivity index (χ3n) is 8.08. The van der Waals surface area contributed by atoms with E-state index in [4.69, 9.17) is 9.11 Å². The van der Waals surface area contributed by atoms with E-state index in [1.165, 1.54) is 109 Å². The van der Waals surface area contributed by atoms with Gasteiger partial charge in [0.1, 0.15) is 9.79 Å². The molecule has 6 aromatic carbocycles. The molecule has 0 aliphatic carbocycles. The number of hydrogen-bond donors (Lipinski definition) is 4. The third kappa shape index (κ3) is 12.3. The lowest BCUT2D eigenvalue weighted by atomic mass is 10.1. The molecule has 0 aromatic heterocycles. The molecule has 6 aromatic rings. The molecule has 0 aliphatic rings. The minimum absolute atomic E-state index is 0.0330. The van der Waals surface area contributed by atoms with E-state index in [1.807, 2.05) is 0 Å². The van der Waals surface area contributed by atoms with Crippen molar-refractivity contribution in [3.63, 3.8) is 0 Å². The van der Waals surface area contributed by atoms with Crippen LogP contribution in [0, 0.1) is 0 Å². The van der Waals surface area contributed by atoms with Crippen molar-refractivity contribution in [2.75, 3.05) is 0 Å². The molecule has 24 heteroatoms. The Bertz CT molecular complexity index is 3030. The van der Waals surface area contributed by atoms with Crippen LogP contribution < -0.4 is 0 Å². The highest BCUT2D eigenvalue weighted by molar-refractivity contribution is 7.86. The summed E-state index contributed by atoms with van der Waals surface area (Å²) in [5.41, 5.74) is 2.08. The number of benzene rings is 6. The van der Waals surface area contributed by atoms with Crippen molar-refractivity contribution in [3.05, 3.63) is 145 Å². The van der Waals surface area contributed by atoms with Crippen LogP contribution >= 0.6 is 0 Å². The molecule has 0 bridgehead atoms. The summed E-state index contributed by atoms with van der Waals surface area (Å²) in [5, 5.41) is 32.3. The summed E-state index contributed by atoms with van der Waals surface area (Å²) in [6.45, 7) is 0. The monoisotopic (exact) mass is 916 g/mol. The summed E-state index contributed by atoms with van der Waals surface area (Å²) in [7, 11) is -18.4. The SMILES string of the molecule is O=S(=O)(O)c1ccc(N=Nc2ccc(N=Nc3ccc(C=Cc4ccc(N=Nc5ccc(N=Nc6ccc(S(=O)(=O)O)cc6)cc5)cc4S(=O)(=O)O)c(S(=O)(=O)O)c3)cc2)cc1. The van der Waals surface area contributed by atoms with E-state index in [9.17, 15) is 42.8 Å². The molecule has 0 amide bonds. The Balaban J connectivity index is 1.13. The van der Waals surface area contributed by atoms with Crippen LogP contribution in [0.25, 0.3) is 12.2 Å². The molecule has 62 heavy (non-hydrogen) atoms. The molecule has 0 fully saturated rings. The standard InChI is InChI=1S/C38H28N8O12S4/c47-59(48,49)35-19-15-31(16-20-35)41-39-27-7-11-29(12-8-27)43-45-33-5-3-25(37(23-33)61(53,54)55)1-2-26-4-6-34(24-38(26)62(56,57)58)46-44-30-13-9-28(10-14-30)40-42-32-17-21-36(22-18-32)60(50,51)52/h1-24H,(H,47,48,49)(H,50,51,52)(H,53,54,55)(H,56,57,58). The average molecular weight is 917 g/mol. The van der Waals surface area contributed by atoms with E-state index < -0.39 is 50.3 Å². The molecule has 0 unspecified atom stereocenters. The summed E-state index contributed by atoms with van der Waals surface area (Å²) >= 11 is 0. The lowest BCUT2D eigenvalue weighted by molar-refractivity contribution is 0.480. The molecule has 0 aliphatic heterocycles. The van der Waals surface area contributed by atoms with Crippen molar-refractivity contribution in [1.29, 1.82) is 0 Å². The van der Waals surface area contributed by atoms with Gasteiger partial charge in [-0.2, -0.15) is 74.6 Å². The molecule has 0 saturated heterocycles. The topological polar surface area (TPSA) is 316 Å². The maximum Gasteiger partial charge on any atom is 0.295 e. The predicted molar refractivity (Wildman–Crippen MR) is 224 cm³/mol. The minimum Gasteiger partial charge on any atom is -0.282 e. The van der Waals surface area contributed by atoms with Crippen LogP contribution in [0.3, 0.4) is 0 Å². The molecular formula is C38H28N8O12S4. The lowest BCUT2D eigenvalue weighted by Gasteiger charge is -2.06. The Morgan fingerprint density at radius 1 is 0.290 bits per heavy atom. The van der Waals surface area contributed by atoms with Gasteiger partial charge in [-0.05, 0) is 132 Å². The van der Waals surface area contributed by atoms with Gasteiger partial charge in [-0.25, -0.2) is 0 Å². The normalized spacial score (nSPS) is 13.0. The van der Waals surface area contributed by atoms with Gasteiger partial charge in [0.15, 0.2) is 0 Å². The van der Waals surface area contributed by atoms with Gasteiger partial charge in [0.2, 0.25) is 0 Å². The molecule has 0 saturated carbocycles. The molecule has 0 spiro atoms. The molecule has 0 atom stereocenters. The molecule has 0 heterocycles. The molecule has 20 nitrogen and oxygen atoms in total. The van der Waals surface area contributed by atoms with Crippen molar-refractivity contribution in [3.8, 4) is 0 Å². The second-order valence-corrected chi connectivity index (χ2v) is 18.1. The van der Waals surface area contributed by atoms with Crippen LogP contribution in [0.5, 0.6) is 0 Å². The van der Waals surface area contributed by atoms with Gasteiger partial charge >= 0.3 is 0 Å². The summed E-state index contributed by atoms with van der Waals surface area (Å²) in [5.74, 6) is 0. The number of azo groups is 4. The van der Waals surface area contributed by atoms with Crippen LogP contribution in [-0.4, -0.2) is 51.9 Å². The van der Waals surface area contributed by atoms with Crippen molar-refractivity contribution in [1.82, 2.24) is 0 Å². The first kappa shape index (κ1) is 44.6. The number of nitrogens with zero attached hydrogens (tertiary/aromatic N) is 8. The zero-order chi connectivity index (χ0) is 44.7. The van der Waals surface area contributed by atoms with Crippen LogP contribution in [-0.2, 0) is 40.5 Å².